The van der Waals surface area contributed by atoms with Gasteiger partial charge < -0.3 is 15.0 Å². The average molecular weight is 461 g/mol. The number of rotatable bonds is 5. The minimum Gasteiger partial charge on any atom is -0.447 e. The number of hydrogen-bond donors (Lipinski definition) is 1. The number of likely N-dealkylation sites (tertiary alicyclic amines) is 1. The van der Waals surface area contributed by atoms with Crippen LogP contribution < -0.4 is 5.32 Å². The van der Waals surface area contributed by atoms with Gasteiger partial charge in [-0.1, -0.05) is 0 Å². The van der Waals surface area contributed by atoms with Crippen LogP contribution in [0.3, 0.4) is 0 Å². The maximum atomic E-state index is 14.1. The van der Waals surface area contributed by atoms with Gasteiger partial charge in [0.1, 0.15) is 12.4 Å². The zero-order valence-electron chi connectivity index (χ0n) is 16.7. The van der Waals surface area contributed by atoms with Gasteiger partial charge in [-0.2, -0.15) is 13.2 Å². The molecule has 0 saturated carbocycles. The van der Waals surface area contributed by atoms with Crippen LogP contribution >= 0.6 is 11.9 Å². The molecule has 0 bridgehead atoms. The molecule has 0 aliphatic carbocycles. The van der Waals surface area contributed by atoms with Crippen LogP contribution in [0.1, 0.15) is 31.2 Å². The lowest BCUT2D eigenvalue weighted by atomic mass is 9.72. The third kappa shape index (κ3) is 5.08. The van der Waals surface area contributed by atoms with Gasteiger partial charge in [0.05, 0.1) is 16.5 Å². The van der Waals surface area contributed by atoms with Crippen molar-refractivity contribution in [2.45, 2.75) is 42.8 Å². The van der Waals surface area contributed by atoms with E-state index in [1.54, 1.807) is 0 Å². The van der Waals surface area contributed by atoms with Crippen LogP contribution in [-0.2, 0) is 15.7 Å². The second-order valence-corrected chi connectivity index (χ2v) is 9.53. The second kappa shape index (κ2) is 8.50. The lowest BCUT2D eigenvalue weighted by molar-refractivity contribution is -0.146. The van der Waals surface area contributed by atoms with E-state index in [4.69, 9.17) is 4.74 Å². The number of halogens is 4. The third-order valence-electron chi connectivity index (χ3n) is 6.12. The van der Waals surface area contributed by atoms with E-state index in [1.165, 1.54) is 6.07 Å². The Morgan fingerprint density at radius 2 is 1.97 bits per heavy atom. The van der Waals surface area contributed by atoms with Gasteiger partial charge in [0.25, 0.3) is 0 Å². The van der Waals surface area contributed by atoms with Crippen LogP contribution in [0.5, 0.6) is 0 Å². The Morgan fingerprint density at radius 1 is 1.26 bits per heavy atom. The molecule has 1 atom stereocenters. The van der Waals surface area contributed by atoms with E-state index in [-0.39, 0.29) is 22.3 Å². The molecule has 1 unspecified atom stereocenters. The molecule has 0 radical (unpaired) electrons. The highest BCUT2D eigenvalue weighted by molar-refractivity contribution is 7.97. The van der Waals surface area contributed by atoms with Crippen LogP contribution in [0.25, 0.3) is 0 Å². The molecule has 3 heterocycles. The smallest absolute Gasteiger partial charge is 0.416 e. The van der Waals surface area contributed by atoms with E-state index in [2.05, 4.69) is 5.32 Å². The van der Waals surface area contributed by atoms with Gasteiger partial charge in [-0.3, -0.25) is 4.79 Å². The number of ether oxygens (including phenoxy) is 1. The van der Waals surface area contributed by atoms with Crippen molar-refractivity contribution in [1.29, 1.82) is 0 Å². The number of alkyl carbamates (subject to hydrolysis) is 1. The normalized spacial score (nSPS) is 23.4. The van der Waals surface area contributed by atoms with E-state index < -0.39 is 23.7 Å². The van der Waals surface area contributed by atoms with Crippen LogP contribution in [0.15, 0.2) is 23.1 Å². The van der Waals surface area contributed by atoms with Crippen LogP contribution in [0.2, 0.25) is 0 Å². The van der Waals surface area contributed by atoms with E-state index in [1.807, 2.05) is 9.21 Å². The summed E-state index contributed by atoms with van der Waals surface area (Å²) in [5, 5.41) is 2.66. The summed E-state index contributed by atoms with van der Waals surface area (Å²) in [6, 6.07) is 2.49. The minimum absolute atomic E-state index is 0.0652. The van der Waals surface area contributed by atoms with Crippen molar-refractivity contribution in [3.8, 4) is 0 Å². The monoisotopic (exact) mass is 461 g/mol. The molecule has 6 nitrogen and oxygen atoms in total. The van der Waals surface area contributed by atoms with E-state index in [0.29, 0.717) is 51.7 Å². The summed E-state index contributed by atoms with van der Waals surface area (Å²) < 4.78 is 58.9. The Kier molecular flexibility index (Phi) is 6.08. The molecular formula is C20H23F4N3O3S. The Hall–Kier alpha value is -2.01. The Balaban J connectivity index is 1.21. The Morgan fingerprint density at radius 3 is 2.55 bits per heavy atom. The maximum Gasteiger partial charge on any atom is 0.416 e. The molecule has 3 aliphatic heterocycles. The Bertz CT molecular complexity index is 851. The molecule has 11 heteroatoms. The number of piperidine rings is 1. The highest BCUT2D eigenvalue weighted by atomic mass is 32.2. The molecule has 31 heavy (non-hydrogen) atoms. The fourth-order valence-electron chi connectivity index (χ4n) is 4.24. The molecule has 2 amide bonds. The number of carbonyl (C=O) groups excluding carboxylic acids is 2. The van der Waals surface area contributed by atoms with Crippen LogP contribution in [-0.4, -0.2) is 60.0 Å². The van der Waals surface area contributed by atoms with Gasteiger partial charge in [0.2, 0.25) is 5.91 Å². The van der Waals surface area contributed by atoms with Crippen molar-refractivity contribution in [2.24, 2.45) is 5.41 Å². The fourth-order valence-corrected chi connectivity index (χ4v) is 5.15. The largest absolute Gasteiger partial charge is 0.447 e. The molecule has 4 rings (SSSR count). The van der Waals surface area contributed by atoms with Crippen LogP contribution in [0.4, 0.5) is 22.4 Å². The molecule has 3 fully saturated rings. The maximum absolute atomic E-state index is 14.1. The fraction of sp³-hybridized carbons (Fsp3) is 0.600. The number of cyclic esters (lactones) is 1. The van der Waals surface area contributed by atoms with Crippen molar-refractivity contribution in [3.05, 3.63) is 29.6 Å². The molecule has 3 saturated heterocycles. The SMILES string of the molecule is O=C1NC(CCC(=O)N2CC3(CCN(Sc4ccc(C(F)(F)F)cc4F)CC3)C2)CO1. The predicted molar refractivity (Wildman–Crippen MR) is 105 cm³/mol. The summed E-state index contributed by atoms with van der Waals surface area (Å²) >= 11 is 1.14. The number of nitrogens with one attached hydrogen (secondary N) is 1. The first-order valence-corrected chi connectivity index (χ1v) is 10.9. The number of alkyl halides is 3. The number of carbonyl (C=O) groups is 2. The van der Waals surface area contributed by atoms with Gasteiger partial charge >= 0.3 is 12.3 Å². The summed E-state index contributed by atoms with van der Waals surface area (Å²) in [7, 11) is 0. The Labute approximate surface area is 181 Å². The first-order chi connectivity index (χ1) is 14.6. The van der Waals surface area contributed by atoms with Gasteiger partial charge in [-0.05, 0) is 49.4 Å². The van der Waals surface area contributed by atoms with Gasteiger partial charge in [-0.25, -0.2) is 13.5 Å². The highest BCUT2D eigenvalue weighted by Crippen LogP contribution is 2.43. The standard InChI is InChI=1S/C20H23F4N3O3S/c21-15-9-13(20(22,23)24)1-3-16(15)31-27-7-5-19(6-8-27)11-26(12-19)17(28)4-2-14-10-30-18(29)25-14/h1,3,9,14H,2,4-8,10-12H2,(H,25,29). The van der Waals surface area contributed by atoms with Gasteiger partial charge in [0.15, 0.2) is 0 Å². The van der Waals surface area contributed by atoms with Crippen LogP contribution in [0, 0.1) is 11.2 Å². The molecular weight excluding hydrogens is 438 g/mol. The quantitative estimate of drug-likeness (QED) is 0.536. The summed E-state index contributed by atoms with van der Waals surface area (Å²) in [4.78, 5) is 25.4. The molecule has 170 valence electrons. The molecule has 1 spiro atoms. The average Bonchev–Trinajstić information content (AvgIpc) is 3.11. The molecule has 1 N–H and O–H groups in total. The van der Waals surface area contributed by atoms with E-state index in [0.717, 1.165) is 30.9 Å². The van der Waals surface area contributed by atoms with Gasteiger partial charge in [-0.15, -0.1) is 0 Å². The lowest BCUT2D eigenvalue weighted by Crippen LogP contribution is -2.61. The van der Waals surface area contributed by atoms with Gasteiger partial charge in [0, 0.05) is 38.0 Å². The lowest BCUT2D eigenvalue weighted by Gasteiger charge is -2.53. The first kappa shape index (κ1) is 22.2. The zero-order chi connectivity index (χ0) is 22.2. The van der Waals surface area contributed by atoms with Crippen molar-refractivity contribution in [2.75, 3.05) is 32.8 Å². The molecule has 3 aliphatic rings. The van der Waals surface area contributed by atoms with E-state index >= 15 is 0 Å². The number of hydrogen-bond acceptors (Lipinski definition) is 5. The number of amides is 2. The predicted octanol–water partition coefficient (Wildman–Crippen LogP) is 3.66. The molecule has 1 aromatic rings. The summed E-state index contributed by atoms with van der Waals surface area (Å²) in [6.45, 7) is 3.03. The number of benzene rings is 1. The topological polar surface area (TPSA) is 61.9 Å². The van der Waals surface area contributed by atoms with E-state index in [9.17, 15) is 27.2 Å². The van der Waals surface area contributed by atoms with Crippen molar-refractivity contribution in [1.82, 2.24) is 14.5 Å². The summed E-state index contributed by atoms with van der Waals surface area (Å²) in [6.07, 6.45) is -2.40. The minimum atomic E-state index is -4.56. The van der Waals surface area contributed by atoms with Crippen molar-refractivity contribution >= 4 is 23.9 Å². The van der Waals surface area contributed by atoms with Crippen molar-refractivity contribution < 1.29 is 31.9 Å². The molecule has 0 aromatic heterocycles. The summed E-state index contributed by atoms with van der Waals surface area (Å²) in [5.41, 5.74) is -0.926. The second-order valence-electron chi connectivity index (χ2n) is 8.39. The van der Waals surface area contributed by atoms with Crippen molar-refractivity contribution in [3.63, 3.8) is 0 Å². The molecule has 1 aromatic carbocycles. The highest BCUT2D eigenvalue weighted by Gasteiger charge is 2.46. The third-order valence-corrected chi connectivity index (χ3v) is 7.27. The summed E-state index contributed by atoms with van der Waals surface area (Å²) in [5.74, 6) is -0.806. The zero-order valence-corrected chi connectivity index (χ0v) is 17.5. The number of nitrogens with zero attached hydrogens (tertiary/aromatic N) is 2. The first-order valence-electron chi connectivity index (χ1n) is 10.1.